The van der Waals surface area contributed by atoms with Gasteiger partial charge < -0.3 is 15.7 Å². The number of amides is 2. The van der Waals surface area contributed by atoms with Crippen LogP contribution in [-0.4, -0.2) is 29.3 Å². The topological polar surface area (TPSA) is 61.4 Å². The molecule has 0 aromatic heterocycles. The van der Waals surface area contributed by atoms with Gasteiger partial charge in [0, 0.05) is 6.04 Å². The highest BCUT2D eigenvalue weighted by Crippen LogP contribution is 2.39. The Morgan fingerprint density at radius 2 is 1.88 bits per heavy atom. The number of carbonyl (C=O) groups excluding carboxylic acids is 1. The highest BCUT2D eigenvalue weighted by molar-refractivity contribution is 5.75. The molecule has 0 radical (unpaired) electrons. The van der Waals surface area contributed by atoms with E-state index in [1.165, 1.54) is 19.3 Å². The number of aliphatic hydroxyl groups excluding tert-OH is 1. The number of rotatable bonds is 4. The van der Waals surface area contributed by atoms with E-state index in [1.54, 1.807) is 0 Å². The third kappa shape index (κ3) is 3.35. The van der Waals surface area contributed by atoms with Crippen molar-refractivity contribution in [1.29, 1.82) is 0 Å². The fourth-order valence-electron chi connectivity index (χ4n) is 2.72. The molecule has 2 rings (SSSR count). The number of urea groups is 1. The molecular weight excluding hydrogens is 216 g/mol. The van der Waals surface area contributed by atoms with Crippen LogP contribution in [0.3, 0.4) is 0 Å². The van der Waals surface area contributed by atoms with Crippen LogP contribution in [-0.2, 0) is 0 Å². The van der Waals surface area contributed by atoms with Crippen molar-refractivity contribution in [2.24, 2.45) is 5.92 Å². The van der Waals surface area contributed by atoms with Crippen LogP contribution in [0.15, 0.2) is 0 Å². The quantitative estimate of drug-likeness (QED) is 0.701. The predicted molar refractivity (Wildman–Crippen MR) is 66.8 cm³/mol. The molecule has 0 spiro atoms. The first kappa shape index (κ1) is 12.7. The van der Waals surface area contributed by atoms with Crippen molar-refractivity contribution in [3.63, 3.8) is 0 Å². The zero-order chi connectivity index (χ0) is 12.3. The molecule has 2 fully saturated rings. The molecule has 0 aromatic rings. The summed E-state index contributed by atoms with van der Waals surface area (Å²) in [5.74, 6) is 0.449. The maximum absolute atomic E-state index is 11.9. The minimum Gasteiger partial charge on any atom is -0.394 e. The molecule has 2 amide bonds. The molecule has 1 atom stereocenters. The van der Waals surface area contributed by atoms with E-state index in [2.05, 4.69) is 10.6 Å². The highest BCUT2D eigenvalue weighted by Gasteiger charge is 2.42. The lowest BCUT2D eigenvalue weighted by Gasteiger charge is -2.31. The van der Waals surface area contributed by atoms with E-state index in [0.717, 1.165) is 25.7 Å². The lowest BCUT2D eigenvalue weighted by molar-refractivity contribution is 0.153. The Morgan fingerprint density at radius 1 is 1.24 bits per heavy atom. The molecule has 3 N–H and O–H groups in total. The molecule has 2 aliphatic carbocycles. The average Bonchev–Trinajstić information content (AvgIpc) is 3.14. The fourth-order valence-corrected chi connectivity index (χ4v) is 2.72. The number of hydrogen-bond acceptors (Lipinski definition) is 2. The van der Waals surface area contributed by atoms with Gasteiger partial charge in [-0.05, 0) is 38.5 Å². The first-order valence-electron chi connectivity index (χ1n) is 6.83. The summed E-state index contributed by atoms with van der Waals surface area (Å²) >= 11 is 0. The summed E-state index contributed by atoms with van der Waals surface area (Å²) in [4.78, 5) is 11.9. The molecule has 0 bridgehead atoms. The zero-order valence-electron chi connectivity index (χ0n) is 10.7. The Labute approximate surface area is 103 Å². The van der Waals surface area contributed by atoms with Gasteiger partial charge in [-0.15, -0.1) is 0 Å². The number of carbonyl (C=O) groups is 1. The highest BCUT2D eigenvalue weighted by atomic mass is 16.3. The minimum atomic E-state index is -0.432. The second kappa shape index (κ2) is 5.25. The smallest absolute Gasteiger partial charge is 0.315 e. The number of aliphatic hydroxyl groups is 1. The van der Waals surface area contributed by atoms with Crippen LogP contribution >= 0.6 is 0 Å². The molecule has 17 heavy (non-hydrogen) atoms. The predicted octanol–water partition coefficient (Wildman–Crippen LogP) is 1.78. The van der Waals surface area contributed by atoms with Gasteiger partial charge in [-0.25, -0.2) is 4.79 Å². The van der Waals surface area contributed by atoms with Crippen molar-refractivity contribution in [2.45, 2.75) is 63.5 Å². The van der Waals surface area contributed by atoms with Gasteiger partial charge in [-0.3, -0.25) is 0 Å². The van der Waals surface area contributed by atoms with Gasteiger partial charge in [0.05, 0.1) is 12.1 Å². The van der Waals surface area contributed by atoms with Crippen molar-refractivity contribution < 1.29 is 9.90 Å². The Hall–Kier alpha value is -0.770. The first-order chi connectivity index (χ1) is 8.14. The van der Waals surface area contributed by atoms with E-state index < -0.39 is 5.54 Å². The summed E-state index contributed by atoms with van der Waals surface area (Å²) in [5.41, 5.74) is -0.432. The van der Waals surface area contributed by atoms with E-state index in [9.17, 15) is 9.90 Å². The van der Waals surface area contributed by atoms with E-state index >= 15 is 0 Å². The fraction of sp³-hybridized carbons (Fsp3) is 0.923. The van der Waals surface area contributed by atoms with Crippen molar-refractivity contribution in [2.75, 3.05) is 6.61 Å². The Balaban J connectivity index is 1.79. The summed E-state index contributed by atoms with van der Waals surface area (Å²) in [6, 6.07) is 0.214. The molecular formula is C13H24N2O2. The molecule has 2 aliphatic rings. The van der Waals surface area contributed by atoms with Gasteiger partial charge in [0.1, 0.15) is 0 Å². The monoisotopic (exact) mass is 240 g/mol. The number of nitrogens with one attached hydrogen (secondary N) is 2. The van der Waals surface area contributed by atoms with E-state index in [0.29, 0.717) is 12.0 Å². The van der Waals surface area contributed by atoms with Gasteiger partial charge in [0.2, 0.25) is 0 Å². The second-order valence-electron chi connectivity index (χ2n) is 5.78. The minimum absolute atomic E-state index is 0.0236. The van der Waals surface area contributed by atoms with Gasteiger partial charge in [0.25, 0.3) is 0 Å². The van der Waals surface area contributed by atoms with Crippen LogP contribution in [0, 0.1) is 5.92 Å². The SMILES string of the molecule is C[C@](CO)(NC(=O)NC1CCCCC1)C1CC1. The van der Waals surface area contributed by atoms with E-state index in [4.69, 9.17) is 0 Å². The zero-order valence-corrected chi connectivity index (χ0v) is 10.7. The van der Waals surface area contributed by atoms with Gasteiger partial charge >= 0.3 is 6.03 Å². The van der Waals surface area contributed by atoms with Crippen molar-refractivity contribution in [3.05, 3.63) is 0 Å². The third-order valence-electron chi connectivity index (χ3n) is 4.15. The van der Waals surface area contributed by atoms with Crippen LogP contribution in [0.2, 0.25) is 0 Å². The van der Waals surface area contributed by atoms with E-state index in [1.807, 2.05) is 6.92 Å². The lowest BCUT2D eigenvalue weighted by atomic mass is 9.95. The maximum atomic E-state index is 11.9. The van der Waals surface area contributed by atoms with Crippen LogP contribution in [0.5, 0.6) is 0 Å². The lowest BCUT2D eigenvalue weighted by Crippen LogP contribution is -2.55. The molecule has 0 saturated heterocycles. The molecule has 98 valence electrons. The normalized spacial score (nSPS) is 25.1. The third-order valence-corrected chi connectivity index (χ3v) is 4.15. The summed E-state index contributed by atoms with van der Waals surface area (Å²) in [6.07, 6.45) is 8.12. The molecule has 0 unspecified atom stereocenters. The van der Waals surface area contributed by atoms with Crippen LogP contribution in [0.1, 0.15) is 51.9 Å². The Bertz CT molecular complexity index is 273. The maximum Gasteiger partial charge on any atom is 0.315 e. The molecule has 0 aromatic carbocycles. The van der Waals surface area contributed by atoms with Gasteiger partial charge in [-0.1, -0.05) is 19.3 Å². The van der Waals surface area contributed by atoms with Crippen molar-refractivity contribution in [3.8, 4) is 0 Å². The number of hydrogen-bond donors (Lipinski definition) is 3. The molecule has 4 heteroatoms. The van der Waals surface area contributed by atoms with Crippen molar-refractivity contribution >= 4 is 6.03 Å². The Kier molecular flexibility index (Phi) is 3.92. The molecule has 4 nitrogen and oxygen atoms in total. The summed E-state index contributed by atoms with van der Waals surface area (Å²) in [5, 5.41) is 15.4. The summed E-state index contributed by atoms with van der Waals surface area (Å²) in [7, 11) is 0. The summed E-state index contributed by atoms with van der Waals surface area (Å²) in [6.45, 7) is 1.96. The standard InChI is InChI=1S/C13H24N2O2/c1-13(9-16,10-7-8-10)15-12(17)14-11-5-3-2-4-6-11/h10-11,16H,2-9H2,1H3,(H2,14,15,17)/t13-/m1/s1. The Morgan fingerprint density at radius 3 is 2.41 bits per heavy atom. The average molecular weight is 240 g/mol. The van der Waals surface area contributed by atoms with Crippen LogP contribution in [0.4, 0.5) is 4.79 Å². The van der Waals surface area contributed by atoms with Crippen LogP contribution < -0.4 is 10.6 Å². The van der Waals surface area contributed by atoms with Crippen molar-refractivity contribution in [1.82, 2.24) is 10.6 Å². The molecule has 2 saturated carbocycles. The summed E-state index contributed by atoms with van der Waals surface area (Å²) < 4.78 is 0. The van der Waals surface area contributed by atoms with E-state index in [-0.39, 0.29) is 12.6 Å². The van der Waals surface area contributed by atoms with Gasteiger partial charge in [0.15, 0.2) is 0 Å². The van der Waals surface area contributed by atoms with Crippen LogP contribution in [0.25, 0.3) is 0 Å². The second-order valence-corrected chi connectivity index (χ2v) is 5.78. The first-order valence-corrected chi connectivity index (χ1v) is 6.83. The molecule has 0 heterocycles. The van der Waals surface area contributed by atoms with Gasteiger partial charge in [-0.2, -0.15) is 0 Å². The largest absolute Gasteiger partial charge is 0.394 e. The molecule has 0 aliphatic heterocycles.